The minimum atomic E-state index is -0.239. The van der Waals surface area contributed by atoms with Crippen LogP contribution < -0.4 is 11.1 Å². The number of aromatic nitrogens is 1. The number of carbonyl (C=O) groups excluding carboxylic acids is 1. The minimum Gasteiger partial charge on any atom is -0.392 e. The number of nitrogens with one attached hydrogen (secondary N) is 1. The fourth-order valence-corrected chi connectivity index (χ4v) is 1.39. The van der Waals surface area contributed by atoms with E-state index in [0.717, 1.165) is 5.01 Å². The normalized spacial score (nSPS) is 9.62. The third kappa shape index (κ3) is 3.08. The summed E-state index contributed by atoms with van der Waals surface area (Å²) in [5.41, 5.74) is 5.64. The van der Waals surface area contributed by atoms with Gasteiger partial charge in [0.1, 0.15) is 5.69 Å². The lowest BCUT2D eigenvalue weighted by Gasteiger charge is -1.99. The Kier molecular flexibility index (Phi) is 3.32. The molecule has 0 radical (unpaired) electrons. The van der Waals surface area contributed by atoms with Gasteiger partial charge in [-0.3, -0.25) is 4.79 Å². The molecule has 1 amide bonds. The van der Waals surface area contributed by atoms with Crippen LogP contribution in [0.1, 0.15) is 15.5 Å². The number of hydrogen-bond acceptors (Lipinski definition) is 4. The van der Waals surface area contributed by atoms with Crippen LogP contribution in [0.25, 0.3) is 0 Å². The molecule has 0 spiro atoms. The summed E-state index contributed by atoms with van der Waals surface area (Å²) in [4.78, 5) is 15.6. The van der Waals surface area contributed by atoms with Crippen LogP contribution in [0.2, 0.25) is 0 Å². The molecule has 6 heteroatoms. The molecule has 70 valence electrons. The Hall–Kier alpha value is -1.01. The van der Waals surface area contributed by atoms with E-state index < -0.39 is 0 Å². The van der Waals surface area contributed by atoms with Gasteiger partial charge in [0, 0.05) is 5.38 Å². The third-order valence-electron chi connectivity index (χ3n) is 1.27. The lowest BCUT2D eigenvalue weighted by molar-refractivity contribution is 0.0955. The van der Waals surface area contributed by atoms with Gasteiger partial charge in [0.25, 0.3) is 5.91 Å². The highest BCUT2D eigenvalue weighted by atomic mass is 32.1. The molecule has 1 aromatic rings. The zero-order valence-corrected chi connectivity index (χ0v) is 8.67. The third-order valence-corrected chi connectivity index (χ3v) is 2.19. The molecule has 0 unspecified atom stereocenters. The van der Waals surface area contributed by atoms with E-state index >= 15 is 0 Å². The predicted molar refractivity (Wildman–Crippen MR) is 56.0 cm³/mol. The number of thiocarbonyl (C=S) groups is 1. The topological polar surface area (TPSA) is 68.0 Å². The Morgan fingerprint density at radius 3 is 3.00 bits per heavy atom. The van der Waals surface area contributed by atoms with Crippen LogP contribution in [0.15, 0.2) is 5.38 Å². The molecule has 0 aliphatic rings. The van der Waals surface area contributed by atoms with Crippen LogP contribution in [0, 0.1) is 6.92 Å². The number of carbonyl (C=O) groups is 1. The highest BCUT2D eigenvalue weighted by molar-refractivity contribution is 7.80. The standard InChI is InChI=1S/C7H9N3OS2/c1-4-10-5(3-13-4)7(11)9-2-6(8)12/h3H,2H2,1H3,(H2,8,12)(H,9,11). The van der Waals surface area contributed by atoms with E-state index in [0.29, 0.717) is 5.69 Å². The van der Waals surface area contributed by atoms with Gasteiger partial charge in [0.2, 0.25) is 0 Å². The molecule has 0 aliphatic carbocycles. The SMILES string of the molecule is Cc1nc(C(=O)NCC(N)=S)cs1. The molecule has 1 rings (SSSR count). The van der Waals surface area contributed by atoms with Crippen LogP contribution >= 0.6 is 23.6 Å². The van der Waals surface area contributed by atoms with Crippen molar-refractivity contribution in [3.63, 3.8) is 0 Å². The molecule has 0 saturated heterocycles. The van der Waals surface area contributed by atoms with E-state index in [1.807, 2.05) is 6.92 Å². The molecule has 0 bridgehead atoms. The Morgan fingerprint density at radius 1 is 1.85 bits per heavy atom. The highest BCUT2D eigenvalue weighted by Crippen LogP contribution is 2.07. The van der Waals surface area contributed by atoms with Crippen molar-refractivity contribution in [2.45, 2.75) is 6.92 Å². The van der Waals surface area contributed by atoms with Crippen molar-refractivity contribution in [2.24, 2.45) is 5.73 Å². The average Bonchev–Trinajstić information content (AvgIpc) is 2.47. The zero-order chi connectivity index (χ0) is 9.84. The van der Waals surface area contributed by atoms with Crippen molar-refractivity contribution in [3.8, 4) is 0 Å². The number of thiazole rings is 1. The number of amides is 1. The summed E-state index contributed by atoms with van der Waals surface area (Å²) in [6, 6.07) is 0. The molecule has 1 aromatic heterocycles. The average molecular weight is 215 g/mol. The van der Waals surface area contributed by atoms with Crippen molar-refractivity contribution < 1.29 is 4.79 Å². The van der Waals surface area contributed by atoms with Gasteiger partial charge in [-0.2, -0.15) is 0 Å². The van der Waals surface area contributed by atoms with E-state index in [1.54, 1.807) is 5.38 Å². The highest BCUT2D eigenvalue weighted by Gasteiger charge is 2.07. The second-order valence-corrected chi connectivity index (χ2v) is 3.99. The van der Waals surface area contributed by atoms with Crippen molar-refractivity contribution in [3.05, 3.63) is 16.1 Å². The van der Waals surface area contributed by atoms with E-state index in [4.69, 9.17) is 5.73 Å². The Labute approximate surface area is 85.2 Å². The smallest absolute Gasteiger partial charge is 0.271 e. The molecular weight excluding hydrogens is 206 g/mol. The summed E-state index contributed by atoms with van der Waals surface area (Å²) in [7, 11) is 0. The monoisotopic (exact) mass is 215 g/mol. The lowest BCUT2D eigenvalue weighted by atomic mass is 10.4. The first-order valence-electron chi connectivity index (χ1n) is 3.58. The molecular formula is C7H9N3OS2. The fraction of sp³-hybridized carbons (Fsp3) is 0.286. The molecule has 0 aliphatic heterocycles. The van der Waals surface area contributed by atoms with E-state index in [9.17, 15) is 4.79 Å². The predicted octanol–water partition coefficient (Wildman–Crippen LogP) is 0.467. The van der Waals surface area contributed by atoms with E-state index in [1.165, 1.54) is 11.3 Å². The summed E-state index contributed by atoms with van der Waals surface area (Å²) in [6.07, 6.45) is 0. The molecule has 0 saturated carbocycles. The summed E-state index contributed by atoms with van der Waals surface area (Å²) in [5.74, 6) is -0.239. The largest absolute Gasteiger partial charge is 0.392 e. The summed E-state index contributed by atoms with van der Waals surface area (Å²) < 4.78 is 0. The Balaban J connectivity index is 2.54. The van der Waals surface area contributed by atoms with E-state index in [2.05, 4.69) is 22.5 Å². The van der Waals surface area contributed by atoms with Gasteiger partial charge in [0.15, 0.2) is 0 Å². The van der Waals surface area contributed by atoms with Crippen LogP contribution in [0.3, 0.4) is 0 Å². The summed E-state index contributed by atoms with van der Waals surface area (Å²) in [5, 5.41) is 5.11. The quantitative estimate of drug-likeness (QED) is 0.719. The molecule has 4 nitrogen and oxygen atoms in total. The summed E-state index contributed by atoms with van der Waals surface area (Å²) >= 11 is 6.05. The second-order valence-electron chi connectivity index (χ2n) is 2.40. The first-order chi connectivity index (χ1) is 6.09. The number of aryl methyl sites for hydroxylation is 1. The van der Waals surface area contributed by atoms with Crippen LogP contribution in [-0.2, 0) is 0 Å². The maximum atomic E-state index is 11.3. The van der Waals surface area contributed by atoms with Gasteiger partial charge < -0.3 is 11.1 Å². The molecule has 0 fully saturated rings. The number of nitrogens with zero attached hydrogens (tertiary/aromatic N) is 1. The van der Waals surface area contributed by atoms with Crippen molar-refractivity contribution in [2.75, 3.05) is 6.54 Å². The van der Waals surface area contributed by atoms with Crippen molar-refractivity contribution in [1.82, 2.24) is 10.3 Å². The van der Waals surface area contributed by atoms with Gasteiger partial charge in [-0.25, -0.2) is 4.98 Å². The number of hydrogen-bond donors (Lipinski definition) is 2. The summed E-state index contributed by atoms with van der Waals surface area (Å²) in [6.45, 7) is 2.06. The molecule has 0 atom stereocenters. The lowest BCUT2D eigenvalue weighted by Crippen LogP contribution is -2.32. The van der Waals surface area contributed by atoms with Crippen LogP contribution in [0.4, 0.5) is 0 Å². The van der Waals surface area contributed by atoms with Crippen molar-refractivity contribution in [1.29, 1.82) is 0 Å². The maximum Gasteiger partial charge on any atom is 0.271 e. The molecule has 0 aromatic carbocycles. The molecule has 3 N–H and O–H groups in total. The first-order valence-corrected chi connectivity index (χ1v) is 4.87. The van der Waals surface area contributed by atoms with E-state index in [-0.39, 0.29) is 17.4 Å². The van der Waals surface area contributed by atoms with Gasteiger partial charge in [-0.1, -0.05) is 12.2 Å². The Bertz CT molecular complexity index is 334. The fourth-order valence-electron chi connectivity index (χ4n) is 0.726. The minimum absolute atomic E-state index is 0.213. The molecule has 13 heavy (non-hydrogen) atoms. The maximum absolute atomic E-state index is 11.3. The number of rotatable bonds is 3. The number of nitrogens with two attached hydrogens (primary N) is 1. The van der Waals surface area contributed by atoms with Gasteiger partial charge in [-0.15, -0.1) is 11.3 Å². The van der Waals surface area contributed by atoms with Crippen LogP contribution in [-0.4, -0.2) is 22.4 Å². The Morgan fingerprint density at radius 2 is 2.54 bits per heavy atom. The molecule has 1 heterocycles. The van der Waals surface area contributed by atoms with Crippen molar-refractivity contribution >= 4 is 34.5 Å². The van der Waals surface area contributed by atoms with Gasteiger partial charge >= 0.3 is 0 Å². The van der Waals surface area contributed by atoms with Crippen LogP contribution in [0.5, 0.6) is 0 Å². The second kappa shape index (κ2) is 4.29. The van der Waals surface area contributed by atoms with Gasteiger partial charge in [-0.05, 0) is 6.92 Å². The zero-order valence-electron chi connectivity index (χ0n) is 7.03. The first kappa shape index (κ1) is 10.1. The van der Waals surface area contributed by atoms with Gasteiger partial charge in [0.05, 0.1) is 16.5 Å².